The summed E-state index contributed by atoms with van der Waals surface area (Å²) in [7, 11) is -4.11. The van der Waals surface area contributed by atoms with Crippen molar-refractivity contribution in [3.05, 3.63) is 34.4 Å². The van der Waals surface area contributed by atoms with Gasteiger partial charge in [-0.1, -0.05) is 18.9 Å². The van der Waals surface area contributed by atoms with E-state index in [1.165, 1.54) is 18.2 Å². The van der Waals surface area contributed by atoms with Crippen LogP contribution in [0.15, 0.2) is 29.2 Å². The number of carbonyl (C=O) groups is 1. The molecule has 130 valence electrons. The maximum atomic E-state index is 13.0. The van der Waals surface area contributed by atoms with Gasteiger partial charge in [0, 0.05) is 18.2 Å². The Morgan fingerprint density at radius 3 is 2.67 bits per heavy atom. The van der Waals surface area contributed by atoms with Gasteiger partial charge in [0.2, 0.25) is 10.0 Å². The number of hydrogen-bond donors (Lipinski definition) is 1. The molecule has 1 saturated heterocycles. The summed E-state index contributed by atoms with van der Waals surface area (Å²) in [5.74, 6) is -1.13. The van der Waals surface area contributed by atoms with Crippen LogP contribution in [-0.2, 0) is 14.8 Å². The second kappa shape index (κ2) is 6.14. The van der Waals surface area contributed by atoms with Gasteiger partial charge in [-0.3, -0.25) is 14.9 Å². The van der Waals surface area contributed by atoms with Crippen molar-refractivity contribution in [2.45, 2.75) is 49.1 Å². The van der Waals surface area contributed by atoms with Gasteiger partial charge in [-0.05, 0) is 31.2 Å². The zero-order chi connectivity index (χ0) is 17.5. The smallest absolute Gasteiger partial charge is 0.322 e. The molecule has 1 saturated carbocycles. The number of fused-ring (bicyclic) bond motifs is 1. The first-order valence-electron chi connectivity index (χ1n) is 7.83. The number of nitrogens with zero attached hydrogens (tertiary/aromatic N) is 2. The first kappa shape index (κ1) is 16.8. The number of carboxylic acids is 1. The lowest BCUT2D eigenvalue weighted by molar-refractivity contribution is -0.385. The highest BCUT2D eigenvalue weighted by Gasteiger charge is 2.51. The summed E-state index contributed by atoms with van der Waals surface area (Å²) in [6, 6.07) is 3.32. The minimum Gasteiger partial charge on any atom is -0.480 e. The molecule has 2 aliphatic rings. The van der Waals surface area contributed by atoms with Crippen molar-refractivity contribution in [2.24, 2.45) is 5.92 Å². The van der Waals surface area contributed by atoms with E-state index in [2.05, 4.69) is 0 Å². The van der Waals surface area contributed by atoms with Gasteiger partial charge < -0.3 is 5.11 Å². The quantitative estimate of drug-likeness (QED) is 0.652. The van der Waals surface area contributed by atoms with E-state index < -0.39 is 27.0 Å². The van der Waals surface area contributed by atoms with Crippen molar-refractivity contribution in [2.75, 3.05) is 0 Å². The lowest BCUT2D eigenvalue weighted by Crippen LogP contribution is -2.46. The fourth-order valence-electron chi connectivity index (χ4n) is 3.85. The zero-order valence-electron chi connectivity index (χ0n) is 12.9. The third-order valence-corrected chi connectivity index (χ3v) is 6.85. The molecule has 0 spiro atoms. The second-order valence-corrected chi connectivity index (χ2v) is 8.13. The van der Waals surface area contributed by atoms with Gasteiger partial charge in [-0.15, -0.1) is 0 Å². The Hall–Kier alpha value is -2.00. The predicted octanol–water partition coefficient (Wildman–Crippen LogP) is 2.00. The van der Waals surface area contributed by atoms with Crippen molar-refractivity contribution < 1.29 is 23.2 Å². The maximum Gasteiger partial charge on any atom is 0.322 e. The largest absolute Gasteiger partial charge is 0.480 e. The molecular formula is C15H18N2O6S. The average molecular weight is 354 g/mol. The van der Waals surface area contributed by atoms with Crippen molar-refractivity contribution in [3.8, 4) is 0 Å². The number of benzene rings is 1. The van der Waals surface area contributed by atoms with Crippen molar-refractivity contribution in [3.63, 3.8) is 0 Å². The predicted molar refractivity (Wildman–Crippen MR) is 83.9 cm³/mol. The molecule has 8 nitrogen and oxygen atoms in total. The summed E-state index contributed by atoms with van der Waals surface area (Å²) in [6.45, 7) is 0. The molecule has 0 amide bonds. The van der Waals surface area contributed by atoms with E-state index >= 15 is 0 Å². The van der Waals surface area contributed by atoms with Crippen LogP contribution in [0.25, 0.3) is 0 Å². The molecule has 1 aliphatic heterocycles. The fraction of sp³-hybridized carbons (Fsp3) is 0.533. The Bertz CT molecular complexity index is 778. The lowest BCUT2D eigenvalue weighted by atomic mass is 9.85. The molecule has 0 radical (unpaired) electrons. The van der Waals surface area contributed by atoms with Crippen LogP contribution < -0.4 is 0 Å². The van der Waals surface area contributed by atoms with Crippen LogP contribution >= 0.6 is 0 Å². The van der Waals surface area contributed by atoms with Gasteiger partial charge in [0.05, 0.1) is 9.82 Å². The molecular weight excluding hydrogens is 336 g/mol. The third-order valence-electron chi connectivity index (χ3n) is 4.92. The summed E-state index contributed by atoms with van der Waals surface area (Å²) in [4.78, 5) is 21.6. The van der Waals surface area contributed by atoms with Crippen LogP contribution in [-0.4, -0.2) is 40.8 Å². The van der Waals surface area contributed by atoms with Gasteiger partial charge >= 0.3 is 5.97 Å². The van der Waals surface area contributed by atoms with Gasteiger partial charge in [-0.25, -0.2) is 8.42 Å². The molecule has 9 heteroatoms. The van der Waals surface area contributed by atoms with E-state index in [-0.39, 0.29) is 22.5 Å². The molecule has 1 aliphatic carbocycles. The number of rotatable bonds is 4. The molecule has 1 N–H and O–H groups in total. The molecule has 3 atom stereocenters. The summed E-state index contributed by atoms with van der Waals surface area (Å²) in [5.41, 5.74) is -0.331. The number of hydrogen-bond acceptors (Lipinski definition) is 5. The van der Waals surface area contributed by atoms with E-state index in [1.807, 2.05) is 0 Å². The summed E-state index contributed by atoms with van der Waals surface area (Å²) in [6.07, 6.45) is 3.57. The van der Waals surface area contributed by atoms with Crippen LogP contribution in [0.2, 0.25) is 0 Å². The van der Waals surface area contributed by atoms with Gasteiger partial charge in [0.1, 0.15) is 6.04 Å². The molecule has 1 heterocycles. The van der Waals surface area contributed by atoms with E-state index in [1.54, 1.807) is 0 Å². The molecule has 0 bridgehead atoms. The highest BCUT2D eigenvalue weighted by Crippen LogP contribution is 2.42. The van der Waals surface area contributed by atoms with Crippen molar-refractivity contribution in [1.29, 1.82) is 0 Å². The van der Waals surface area contributed by atoms with Crippen LogP contribution in [0.3, 0.4) is 0 Å². The van der Waals surface area contributed by atoms with E-state index in [0.29, 0.717) is 12.8 Å². The Morgan fingerprint density at radius 1 is 1.29 bits per heavy atom. The van der Waals surface area contributed by atoms with E-state index in [4.69, 9.17) is 0 Å². The zero-order valence-corrected chi connectivity index (χ0v) is 13.7. The Kier molecular flexibility index (Phi) is 4.31. The van der Waals surface area contributed by atoms with Crippen molar-refractivity contribution in [1.82, 2.24) is 4.31 Å². The first-order chi connectivity index (χ1) is 11.3. The fourth-order valence-corrected chi connectivity index (χ4v) is 5.76. The van der Waals surface area contributed by atoms with Gasteiger partial charge in [0.15, 0.2) is 0 Å². The second-order valence-electron chi connectivity index (χ2n) is 6.29. The number of nitro benzene ring substituents is 1. The number of carboxylic acid groups (broad SMARTS) is 1. The number of sulfonamides is 1. The Balaban J connectivity index is 2.04. The summed E-state index contributed by atoms with van der Waals surface area (Å²) >= 11 is 0. The molecule has 1 aromatic carbocycles. The molecule has 2 fully saturated rings. The molecule has 0 aromatic heterocycles. The topological polar surface area (TPSA) is 118 Å². The van der Waals surface area contributed by atoms with Crippen LogP contribution in [0.4, 0.5) is 5.69 Å². The number of non-ortho nitro benzene ring substituents is 1. The Morgan fingerprint density at radius 2 is 2.00 bits per heavy atom. The third kappa shape index (κ3) is 2.78. The maximum absolute atomic E-state index is 13.0. The van der Waals surface area contributed by atoms with E-state index in [0.717, 1.165) is 29.6 Å². The molecule has 3 rings (SSSR count). The van der Waals surface area contributed by atoms with E-state index in [9.17, 15) is 28.4 Å². The summed E-state index contributed by atoms with van der Waals surface area (Å²) < 4.78 is 27.1. The van der Waals surface area contributed by atoms with Crippen LogP contribution in [0.5, 0.6) is 0 Å². The highest BCUT2D eigenvalue weighted by atomic mass is 32.2. The van der Waals surface area contributed by atoms with Crippen LogP contribution in [0.1, 0.15) is 32.1 Å². The molecule has 1 aromatic rings. The highest BCUT2D eigenvalue weighted by molar-refractivity contribution is 7.89. The van der Waals surface area contributed by atoms with Crippen LogP contribution in [0, 0.1) is 16.0 Å². The Labute approximate surface area is 139 Å². The summed E-state index contributed by atoms with van der Waals surface area (Å²) in [5, 5.41) is 20.4. The van der Waals surface area contributed by atoms with Gasteiger partial charge in [-0.2, -0.15) is 4.31 Å². The minimum absolute atomic E-state index is 0.0355. The number of aliphatic carboxylic acids is 1. The van der Waals surface area contributed by atoms with Gasteiger partial charge in [0.25, 0.3) is 5.69 Å². The standard InChI is InChI=1S/C15H18N2O6S/c18-15(19)14-8-10-4-1-2-7-13(10)16(14)24(22,23)12-6-3-5-11(9-12)17(20)21/h3,5-6,9-10,13-14H,1-2,4,7-8H2,(H,18,19). The minimum atomic E-state index is -4.11. The molecule has 3 unspecified atom stereocenters. The van der Waals surface area contributed by atoms with Crippen molar-refractivity contribution >= 4 is 21.7 Å². The SMILES string of the molecule is O=C(O)C1CC2CCCCC2N1S(=O)(=O)c1cccc([N+](=O)[O-])c1. The normalized spacial score (nSPS) is 27.6. The average Bonchev–Trinajstić information content (AvgIpc) is 2.95. The first-order valence-corrected chi connectivity index (χ1v) is 9.27. The monoisotopic (exact) mass is 354 g/mol. The molecule has 24 heavy (non-hydrogen) atoms. The number of nitro groups is 1. The lowest BCUT2D eigenvalue weighted by Gasteiger charge is -2.32.